The molecule has 2 rings (SSSR count). The Bertz CT molecular complexity index is 789. The highest BCUT2D eigenvalue weighted by Gasteiger charge is 2.17. The van der Waals surface area contributed by atoms with Crippen LogP contribution in [0.5, 0.6) is 5.75 Å². The Morgan fingerprint density at radius 2 is 1.72 bits per heavy atom. The first-order chi connectivity index (χ1) is 11.8. The molecule has 0 aliphatic carbocycles. The maximum atomic E-state index is 12.6. The quantitative estimate of drug-likeness (QED) is 0.853. The van der Waals surface area contributed by atoms with Crippen molar-refractivity contribution in [3.8, 4) is 5.75 Å². The van der Waals surface area contributed by atoms with Crippen molar-refractivity contribution >= 4 is 40.5 Å². The number of anilines is 3. The number of nitrogens with zero attached hydrogens (tertiary/aromatic N) is 1. The number of rotatable bonds is 5. The molecule has 25 heavy (non-hydrogen) atoms. The summed E-state index contributed by atoms with van der Waals surface area (Å²) in [6.45, 7) is 1.38. The van der Waals surface area contributed by atoms with Crippen LogP contribution in [0.15, 0.2) is 36.4 Å². The van der Waals surface area contributed by atoms with Gasteiger partial charge in [0.25, 0.3) is 5.91 Å². The first-order valence-electron chi connectivity index (χ1n) is 7.55. The molecular formula is C18H20ClN3O3. The molecule has 7 heteroatoms. The van der Waals surface area contributed by atoms with Gasteiger partial charge in [0.1, 0.15) is 5.75 Å². The summed E-state index contributed by atoms with van der Waals surface area (Å²) in [6.07, 6.45) is 0. The average molecular weight is 362 g/mol. The third kappa shape index (κ3) is 4.64. The van der Waals surface area contributed by atoms with Gasteiger partial charge in [-0.25, -0.2) is 0 Å². The summed E-state index contributed by atoms with van der Waals surface area (Å²) < 4.78 is 5.25. The Morgan fingerprint density at radius 1 is 1.08 bits per heavy atom. The monoisotopic (exact) mass is 361 g/mol. The zero-order valence-electron chi connectivity index (χ0n) is 14.5. The van der Waals surface area contributed by atoms with Crippen molar-refractivity contribution < 1.29 is 14.3 Å². The van der Waals surface area contributed by atoms with Gasteiger partial charge in [-0.15, -0.1) is 0 Å². The molecule has 0 radical (unpaired) electrons. The largest absolute Gasteiger partial charge is 0.496 e. The van der Waals surface area contributed by atoms with Crippen molar-refractivity contribution in [1.29, 1.82) is 0 Å². The second kappa shape index (κ2) is 7.90. The summed E-state index contributed by atoms with van der Waals surface area (Å²) in [5, 5.41) is 5.65. The number of carbonyl (C=O) groups is 2. The SMILES string of the molecule is COc1cc(NC(C)=O)c(Cl)cc1C(=O)Nc1ccc(N(C)C)cc1. The summed E-state index contributed by atoms with van der Waals surface area (Å²) in [4.78, 5) is 25.7. The molecule has 2 amide bonds. The third-order valence-electron chi connectivity index (χ3n) is 3.49. The van der Waals surface area contributed by atoms with Crippen molar-refractivity contribution in [1.82, 2.24) is 0 Å². The third-order valence-corrected chi connectivity index (χ3v) is 3.80. The number of methoxy groups -OCH3 is 1. The van der Waals surface area contributed by atoms with Crippen LogP contribution in [0.2, 0.25) is 5.02 Å². The van der Waals surface area contributed by atoms with Gasteiger partial charge in [0.15, 0.2) is 0 Å². The van der Waals surface area contributed by atoms with Crippen LogP contribution in [0.1, 0.15) is 17.3 Å². The molecule has 0 saturated heterocycles. The Kier molecular flexibility index (Phi) is 5.88. The summed E-state index contributed by atoms with van der Waals surface area (Å²) in [6, 6.07) is 10.4. The summed E-state index contributed by atoms with van der Waals surface area (Å²) in [7, 11) is 5.33. The van der Waals surface area contributed by atoms with Crippen LogP contribution in [0.4, 0.5) is 17.1 Å². The molecule has 0 fully saturated rings. The molecule has 0 spiro atoms. The Hall–Kier alpha value is -2.73. The van der Waals surface area contributed by atoms with E-state index in [0.717, 1.165) is 5.69 Å². The summed E-state index contributed by atoms with van der Waals surface area (Å²) >= 11 is 6.15. The van der Waals surface area contributed by atoms with Gasteiger partial charge in [-0.2, -0.15) is 0 Å². The Balaban J connectivity index is 2.26. The maximum absolute atomic E-state index is 12.6. The Morgan fingerprint density at radius 3 is 2.24 bits per heavy atom. The van der Waals surface area contributed by atoms with Crippen LogP contribution in [0, 0.1) is 0 Å². The number of ether oxygens (including phenoxy) is 1. The minimum absolute atomic E-state index is 0.254. The van der Waals surface area contributed by atoms with Crippen molar-refractivity contribution in [3.05, 3.63) is 47.0 Å². The molecular weight excluding hydrogens is 342 g/mol. The van der Waals surface area contributed by atoms with Gasteiger partial charge in [-0.3, -0.25) is 9.59 Å². The van der Waals surface area contributed by atoms with Gasteiger partial charge in [0.2, 0.25) is 5.91 Å². The number of halogens is 1. The highest BCUT2D eigenvalue weighted by atomic mass is 35.5. The van der Waals surface area contributed by atoms with Crippen LogP contribution in [-0.2, 0) is 4.79 Å². The van der Waals surface area contributed by atoms with Gasteiger partial charge >= 0.3 is 0 Å². The fourth-order valence-corrected chi connectivity index (χ4v) is 2.44. The number of nitrogens with one attached hydrogen (secondary N) is 2. The average Bonchev–Trinajstić information content (AvgIpc) is 2.56. The molecule has 2 aromatic carbocycles. The summed E-state index contributed by atoms with van der Waals surface area (Å²) in [5.41, 5.74) is 2.34. The molecule has 0 heterocycles. The van der Waals surface area contributed by atoms with Crippen LogP contribution < -0.4 is 20.3 Å². The molecule has 0 aliphatic rings. The van der Waals surface area contributed by atoms with Crippen molar-refractivity contribution in [2.45, 2.75) is 6.92 Å². The van der Waals surface area contributed by atoms with Crippen LogP contribution in [-0.4, -0.2) is 33.0 Å². The molecule has 6 nitrogen and oxygen atoms in total. The Labute approximate surface area is 151 Å². The summed E-state index contributed by atoms with van der Waals surface area (Å²) in [5.74, 6) is -0.302. The van der Waals surface area contributed by atoms with E-state index in [9.17, 15) is 9.59 Å². The molecule has 2 aromatic rings. The lowest BCUT2D eigenvalue weighted by atomic mass is 10.1. The zero-order valence-corrected chi connectivity index (χ0v) is 15.3. The topological polar surface area (TPSA) is 70.7 Å². The van der Waals surface area contributed by atoms with E-state index in [4.69, 9.17) is 16.3 Å². The molecule has 0 saturated carbocycles. The van der Waals surface area contributed by atoms with Crippen molar-refractivity contribution in [3.63, 3.8) is 0 Å². The fourth-order valence-electron chi connectivity index (χ4n) is 2.23. The van der Waals surface area contributed by atoms with E-state index < -0.39 is 0 Å². The highest BCUT2D eigenvalue weighted by Crippen LogP contribution is 2.31. The molecule has 0 unspecified atom stereocenters. The first kappa shape index (κ1) is 18.6. The van der Waals surface area contributed by atoms with Gasteiger partial charge in [0.05, 0.1) is 23.4 Å². The second-order valence-electron chi connectivity index (χ2n) is 5.61. The molecule has 0 atom stereocenters. The van der Waals surface area contributed by atoms with Gasteiger partial charge < -0.3 is 20.3 Å². The minimum Gasteiger partial charge on any atom is -0.496 e. The predicted octanol–water partition coefficient (Wildman–Crippen LogP) is 3.63. The van der Waals surface area contributed by atoms with Crippen LogP contribution >= 0.6 is 11.6 Å². The molecule has 0 aliphatic heterocycles. The second-order valence-corrected chi connectivity index (χ2v) is 6.02. The first-order valence-corrected chi connectivity index (χ1v) is 7.93. The van der Waals surface area contributed by atoms with Gasteiger partial charge in [0, 0.05) is 38.5 Å². The lowest BCUT2D eigenvalue weighted by Gasteiger charge is -2.15. The zero-order chi connectivity index (χ0) is 18.6. The van der Waals surface area contributed by atoms with E-state index in [2.05, 4.69) is 10.6 Å². The van der Waals surface area contributed by atoms with Crippen molar-refractivity contribution in [2.24, 2.45) is 0 Å². The number of benzene rings is 2. The van der Waals surface area contributed by atoms with Gasteiger partial charge in [-0.1, -0.05) is 11.6 Å². The van der Waals surface area contributed by atoms with E-state index in [-0.39, 0.29) is 22.4 Å². The normalized spacial score (nSPS) is 10.1. The number of carbonyl (C=O) groups excluding carboxylic acids is 2. The lowest BCUT2D eigenvalue weighted by molar-refractivity contribution is -0.114. The van der Waals surface area contributed by atoms with Crippen molar-refractivity contribution in [2.75, 3.05) is 36.7 Å². The van der Waals surface area contributed by atoms with E-state index in [1.807, 2.05) is 43.3 Å². The molecule has 2 N–H and O–H groups in total. The van der Waals surface area contributed by atoms with E-state index >= 15 is 0 Å². The highest BCUT2D eigenvalue weighted by molar-refractivity contribution is 6.34. The lowest BCUT2D eigenvalue weighted by Crippen LogP contribution is -2.15. The van der Waals surface area contributed by atoms with E-state index in [1.54, 1.807) is 0 Å². The van der Waals surface area contributed by atoms with Crippen LogP contribution in [0.25, 0.3) is 0 Å². The molecule has 0 aromatic heterocycles. The van der Waals surface area contributed by atoms with E-state index in [0.29, 0.717) is 17.1 Å². The maximum Gasteiger partial charge on any atom is 0.259 e. The minimum atomic E-state index is -0.356. The number of hydrogen-bond acceptors (Lipinski definition) is 4. The van der Waals surface area contributed by atoms with Gasteiger partial charge in [-0.05, 0) is 30.3 Å². The predicted molar refractivity (Wildman–Crippen MR) is 101 cm³/mol. The molecule has 0 bridgehead atoms. The standard InChI is InChI=1S/C18H20ClN3O3/c1-11(23)20-16-10-17(25-4)14(9-15(16)19)18(24)21-12-5-7-13(8-6-12)22(2)3/h5-10H,1-4H3,(H,20,23)(H,21,24). The number of hydrogen-bond donors (Lipinski definition) is 2. The molecule has 132 valence electrons. The smallest absolute Gasteiger partial charge is 0.259 e. The van der Waals surface area contributed by atoms with E-state index in [1.165, 1.54) is 26.2 Å². The fraction of sp³-hybridized carbons (Fsp3) is 0.222. The number of amides is 2. The van der Waals surface area contributed by atoms with Crippen LogP contribution in [0.3, 0.4) is 0 Å².